The predicted molar refractivity (Wildman–Crippen MR) is 84.6 cm³/mol. The van der Waals surface area contributed by atoms with E-state index in [9.17, 15) is 4.79 Å². The fraction of sp³-hybridized carbons (Fsp3) is 0.667. The maximum absolute atomic E-state index is 11.6. The smallest absolute Gasteiger partial charge is 0.237 e. The second-order valence-electron chi connectivity index (χ2n) is 5.58. The van der Waals surface area contributed by atoms with Crippen molar-refractivity contribution in [1.82, 2.24) is 5.32 Å². The molecule has 0 bridgehead atoms. The molecule has 0 saturated carbocycles. The molecule has 1 unspecified atom stereocenters. The molecule has 0 aliphatic heterocycles. The minimum absolute atomic E-state index is 0.251. The van der Waals surface area contributed by atoms with Crippen LogP contribution in [-0.4, -0.2) is 23.2 Å². The third kappa shape index (κ3) is 6.01. The number of unbranched alkanes of at least 4 members (excludes halogenated alkanes) is 1. The second-order valence-corrected chi connectivity index (χ2v) is 6.69. The zero-order chi connectivity index (χ0) is 15.0. The van der Waals surface area contributed by atoms with Crippen molar-refractivity contribution in [2.24, 2.45) is 5.73 Å². The van der Waals surface area contributed by atoms with Gasteiger partial charge in [-0.25, -0.2) is 0 Å². The highest BCUT2D eigenvalue weighted by atomic mass is 32.2. The first-order chi connectivity index (χ1) is 9.44. The van der Waals surface area contributed by atoms with E-state index in [2.05, 4.69) is 5.32 Å². The number of nitrogens with two attached hydrogens (primary N) is 1. The van der Waals surface area contributed by atoms with Gasteiger partial charge in [0, 0.05) is 6.04 Å². The maximum Gasteiger partial charge on any atom is 0.237 e. The van der Waals surface area contributed by atoms with Crippen LogP contribution < -0.4 is 11.1 Å². The Hall–Kier alpha value is -0.940. The molecule has 0 saturated heterocycles. The molecule has 1 amide bonds. The number of carbonyl (C=O) groups excluding carboxylic acids is 1. The monoisotopic (exact) mass is 298 g/mol. The molecular formula is C15H26N2O2S. The highest BCUT2D eigenvalue weighted by Gasteiger charge is 2.30. The molecule has 0 spiro atoms. The molecule has 3 N–H and O–H groups in total. The number of hydrogen-bond acceptors (Lipinski definition) is 4. The van der Waals surface area contributed by atoms with E-state index in [0.29, 0.717) is 0 Å². The summed E-state index contributed by atoms with van der Waals surface area (Å²) in [5.74, 6) is 2.72. The first-order valence-corrected chi connectivity index (χ1v) is 8.27. The fourth-order valence-corrected chi connectivity index (χ4v) is 3.07. The molecule has 5 heteroatoms. The van der Waals surface area contributed by atoms with Crippen molar-refractivity contribution in [2.75, 3.05) is 5.75 Å². The van der Waals surface area contributed by atoms with E-state index in [-0.39, 0.29) is 11.9 Å². The Kier molecular flexibility index (Phi) is 7.16. The van der Waals surface area contributed by atoms with Gasteiger partial charge in [-0.1, -0.05) is 6.42 Å². The van der Waals surface area contributed by atoms with Crippen LogP contribution in [0.5, 0.6) is 0 Å². The summed E-state index contributed by atoms with van der Waals surface area (Å²) in [7, 11) is 0. The third-order valence-electron chi connectivity index (χ3n) is 3.19. The second kappa shape index (κ2) is 8.37. The van der Waals surface area contributed by atoms with Crippen LogP contribution in [0.3, 0.4) is 0 Å². The van der Waals surface area contributed by atoms with Gasteiger partial charge in [-0.05, 0) is 51.5 Å². The van der Waals surface area contributed by atoms with E-state index in [1.54, 1.807) is 6.26 Å². The van der Waals surface area contributed by atoms with Crippen LogP contribution in [0.1, 0.15) is 45.8 Å². The number of rotatable bonds is 10. The zero-order valence-corrected chi connectivity index (χ0v) is 13.5. The van der Waals surface area contributed by atoms with Gasteiger partial charge >= 0.3 is 0 Å². The molecule has 0 aromatic carbocycles. The predicted octanol–water partition coefficient (Wildman–Crippen LogP) is 2.93. The molecule has 1 atom stereocenters. The Morgan fingerprint density at radius 1 is 1.50 bits per heavy atom. The molecule has 114 valence electrons. The number of nitrogens with one attached hydrogen (secondary N) is 1. The molecule has 1 heterocycles. The molecule has 0 aliphatic rings. The first kappa shape index (κ1) is 17.1. The van der Waals surface area contributed by atoms with Gasteiger partial charge in [-0.2, -0.15) is 11.8 Å². The minimum atomic E-state index is -0.597. The van der Waals surface area contributed by atoms with Gasteiger partial charge in [0.1, 0.15) is 5.76 Å². The summed E-state index contributed by atoms with van der Waals surface area (Å²) in [5, 5.41) is 3.27. The number of furan rings is 1. The van der Waals surface area contributed by atoms with E-state index in [4.69, 9.17) is 10.2 Å². The van der Waals surface area contributed by atoms with Crippen molar-refractivity contribution in [3.05, 3.63) is 24.2 Å². The molecule has 1 aromatic rings. The Bertz CT molecular complexity index is 393. The third-order valence-corrected chi connectivity index (χ3v) is 4.26. The highest BCUT2D eigenvalue weighted by Crippen LogP contribution is 2.18. The Morgan fingerprint density at radius 2 is 2.25 bits per heavy atom. The van der Waals surface area contributed by atoms with Crippen LogP contribution in [0.15, 0.2) is 22.8 Å². The molecule has 0 radical (unpaired) electrons. The van der Waals surface area contributed by atoms with Crippen molar-refractivity contribution in [3.63, 3.8) is 0 Å². The summed E-state index contributed by atoms with van der Waals surface area (Å²) in [5.41, 5.74) is 4.91. The van der Waals surface area contributed by atoms with Crippen LogP contribution in [0.2, 0.25) is 0 Å². The zero-order valence-electron chi connectivity index (χ0n) is 12.6. The molecule has 0 aliphatic carbocycles. The van der Waals surface area contributed by atoms with Crippen molar-refractivity contribution in [2.45, 2.75) is 57.4 Å². The van der Waals surface area contributed by atoms with Crippen LogP contribution in [0, 0.1) is 0 Å². The number of amides is 1. The lowest BCUT2D eigenvalue weighted by Crippen LogP contribution is -2.55. The van der Waals surface area contributed by atoms with Gasteiger partial charge in [0.25, 0.3) is 0 Å². The van der Waals surface area contributed by atoms with Crippen molar-refractivity contribution in [1.29, 1.82) is 0 Å². The lowest BCUT2D eigenvalue weighted by Gasteiger charge is -2.29. The highest BCUT2D eigenvalue weighted by molar-refractivity contribution is 7.98. The largest absolute Gasteiger partial charge is 0.468 e. The van der Waals surface area contributed by atoms with E-state index < -0.39 is 5.54 Å². The first-order valence-electron chi connectivity index (χ1n) is 7.12. The molecule has 1 aromatic heterocycles. The molecule has 1 rings (SSSR count). The maximum atomic E-state index is 11.6. The fourth-order valence-electron chi connectivity index (χ4n) is 2.15. The SMILES string of the molecule is CC(C)NC(C)(CCCCSCc1ccco1)C(N)=O. The minimum Gasteiger partial charge on any atom is -0.468 e. The lowest BCUT2D eigenvalue weighted by molar-refractivity contribution is -0.124. The summed E-state index contributed by atoms with van der Waals surface area (Å²) in [6.45, 7) is 5.95. The summed E-state index contributed by atoms with van der Waals surface area (Å²) in [4.78, 5) is 11.6. The number of carbonyl (C=O) groups is 1. The van der Waals surface area contributed by atoms with Crippen LogP contribution in [-0.2, 0) is 10.5 Å². The summed E-state index contributed by atoms with van der Waals surface area (Å²) >= 11 is 1.85. The topological polar surface area (TPSA) is 68.3 Å². The van der Waals surface area contributed by atoms with Gasteiger partial charge in [0.15, 0.2) is 0 Å². The normalized spacial score (nSPS) is 14.4. The lowest BCUT2D eigenvalue weighted by atomic mass is 9.93. The van der Waals surface area contributed by atoms with Gasteiger partial charge in [-0.15, -0.1) is 0 Å². The van der Waals surface area contributed by atoms with Crippen LogP contribution >= 0.6 is 11.8 Å². The summed E-state index contributed by atoms with van der Waals surface area (Å²) in [6.07, 6.45) is 4.55. The van der Waals surface area contributed by atoms with E-state index >= 15 is 0 Å². The van der Waals surface area contributed by atoms with Crippen LogP contribution in [0.4, 0.5) is 0 Å². The summed E-state index contributed by atoms with van der Waals surface area (Å²) < 4.78 is 5.28. The van der Waals surface area contributed by atoms with Gasteiger partial charge in [-0.3, -0.25) is 4.79 Å². The molecule has 20 heavy (non-hydrogen) atoms. The number of thioether (sulfide) groups is 1. The molecule has 4 nitrogen and oxygen atoms in total. The summed E-state index contributed by atoms with van der Waals surface area (Å²) in [6, 6.07) is 4.15. The quantitative estimate of drug-likeness (QED) is 0.652. The van der Waals surface area contributed by atoms with Crippen molar-refractivity contribution >= 4 is 17.7 Å². The number of primary amides is 1. The van der Waals surface area contributed by atoms with Gasteiger partial charge in [0.2, 0.25) is 5.91 Å². The molecule has 0 fully saturated rings. The van der Waals surface area contributed by atoms with E-state index in [1.807, 2.05) is 44.7 Å². The van der Waals surface area contributed by atoms with Gasteiger partial charge in [0.05, 0.1) is 17.6 Å². The van der Waals surface area contributed by atoms with E-state index in [1.165, 1.54) is 0 Å². The Balaban J connectivity index is 2.19. The van der Waals surface area contributed by atoms with Crippen LogP contribution in [0.25, 0.3) is 0 Å². The van der Waals surface area contributed by atoms with Crippen molar-refractivity contribution < 1.29 is 9.21 Å². The standard InChI is InChI=1S/C15H26N2O2S/c1-12(2)17-15(3,14(16)18)8-4-5-10-20-11-13-7-6-9-19-13/h6-7,9,12,17H,4-5,8,10-11H2,1-3H3,(H2,16,18). The Morgan fingerprint density at radius 3 is 2.80 bits per heavy atom. The van der Waals surface area contributed by atoms with Gasteiger partial charge < -0.3 is 15.5 Å². The van der Waals surface area contributed by atoms with Crippen molar-refractivity contribution in [3.8, 4) is 0 Å². The Labute approximate surface area is 125 Å². The molecular weight excluding hydrogens is 272 g/mol. The van der Waals surface area contributed by atoms with E-state index in [0.717, 1.165) is 36.5 Å². The average molecular weight is 298 g/mol. The average Bonchev–Trinajstić information content (AvgIpc) is 2.85. The number of hydrogen-bond donors (Lipinski definition) is 2.